The third-order valence-corrected chi connectivity index (χ3v) is 5.11. The number of nitrogens with one attached hydrogen (secondary N) is 1. The van der Waals surface area contributed by atoms with Gasteiger partial charge in [-0.25, -0.2) is 9.78 Å². The molecule has 0 aromatic carbocycles. The van der Waals surface area contributed by atoms with E-state index < -0.39 is 5.97 Å². The molecule has 5 heteroatoms. The van der Waals surface area contributed by atoms with E-state index >= 15 is 0 Å². The lowest BCUT2D eigenvalue weighted by molar-refractivity contribution is 0.0601. The van der Waals surface area contributed by atoms with E-state index in [9.17, 15) is 4.79 Å². The van der Waals surface area contributed by atoms with Gasteiger partial charge in [0.05, 0.1) is 19.0 Å². The third-order valence-electron chi connectivity index (χ3n) is 5.11. The maximum Gasteiger partial charge on any atom is 0.341 e. The van der Waals surface area contributed by atoms with Crippen LogP contribution >= 0.6 is 0 Å². The van der Waals surface area contributed by atoms with Crippen molar-refractivity contribution in [3.63, 3.8) is 0 Å². The summed E-state index contributed by atoms with van der Waals surface area (Å²) in [7, 11) is 1.37. The Labute approximate surface area is 125 Å². The number of carbonyl (C=O) groups is 1. The fraction of sp³-hybridized carbons (Fsp3) is 0.625. The van der Waals surface area contributed by atoms with Crippen LogP contribution < -0.4 is 11.1 Å². The van der Waals surface area contributed by atoms with Crippen LogP contribution in [0, 0.1) is 17.8 Å². The van der Waals surface area contributed by atoms with Gasteiger partial charge in [-0.15, -0.1) is 0 Å². The van der Waals surface area contributed by atoms with E-state index in [2.05, 4.69) is 17.2 Å². The number of aromatic nitrogens is 1. The monoisotopic (exact) mass is 289 g/mol. The molecular formula is C16H23N3O2. The van der Waals surface area contributed by atoms with Crippen LogP contribution in [0.1, 0.15) is 43.0 Å². The summed E-state index contributed by atoms with van der Waals surface area (Å²) in [5.41, 5.74) is 6.60. The van der Waals surface area contributed by atoms with Crippen molar-refractivity contribution >= 4 is 17.5 Å². The van der Waals surface area contributed by atoms with Gasteiger partial charge in [-0.3, -0.25) is 0 Å². The topological polar surface area (TPSA) is 77.2 Å². The molecule has 4 atom stereocenters. The fourth-order valence-corrected chi connectivity index (χ4v) is 4.09. The Kier molecular flexibility index (Phi) is 3.74. The summed E-state index contributed by atoms with van der Waals surface area (Å²) in [6.07, 6.45) is 6.97. The van der Waals surface area contributed by atoms with Crippen LogP contribution in [0.2, 0.25) is 0 Å². The van der Waals surface area contributed by atoms with Crippen LogP contribution in [-0.4, -0.2) is 24.1 Å². The highest BCUT2D eigenvalue weighted by Crippen LogP contribution is 2.49. The Morgan fingerprint density at radius 3 is 2.90 bits per heavy atom. The van der Waals surface area contributed by atoms with Crippen LogP contribution in [0.3, 0.4) is 0 Å². The summed E-state index contributed by atoms with van der Waals surface area (Å²) in [6, 6.07) is 1.93. The SMILES string of the molecule is COC(=O)c1cc(N)cnc1NC(C)C1CC2CCC1C2. The summed E-state index contributed by atoms with van der Waals surface area (Å²) < 4.78 is 4.81. The number of fused-ring (bicyclic) bond motifs is 2. The van der Waals surface area contributed by atoms with Crippen molar-refractivity contribution in [1.29, 1.82) is 0 Å². The number of esters is 1. The zero-order chi connectivity index (χ0) is 15.0. The molecule has 0 amide bonds. The Hall–Kier alpha value is -1.78. The normalized spacial score (nSPS) is 28.4. The minimum absolute atomic E-state index is 0.305. The number of ether oxygens (including phenoxy) is 1. The molecule has 2 aliphatic rings. The van der Waals surface area contributed by atoms with E-state index in [4.69, 9.17) is 10.5 Å². The number of hydrogen-bond donors (Lipinski definition) is 2. The molecule has 2 aliphatic carbocycles. The predicted octanol–water partition coefficient (Wildman–Crippen LogP) is 2.69. The molecule has 5 nitrogen and oxygen atoms in total. The van der Waals surface area contributed by atoms with Crippen molar-refractivity contribution in [2.45, 2.75) is 38.6 Å². The van der Waals surface area contributed by atoms with Gasteiger partial charge in [0, 0.05) is 6.04 Å². The van der Waals surface area contributed by atoms with Crippen molar-refractivity contribution in [3.8, 4) is 0 Å². The van der Waals surface area contributed by atoms with E-state index in [1.807, 2.05) is 0 Å². The number of nitrogen functional groups attached to an aromatic ring is 1. The molecule has 3 rings (SSSR count). The van der Waals surface area contributed by atoms with Crippen LogP contribution in [0.15, 0.2) is 12.3 Å². The first-order chi connectivity index (χ1) is 10.1. The second-order valence-electron chi connectivity index (χ2n) is 6.43. The van der Waals surface area contributed by atoms with Gasteiger partial charge < -0.3 is 15.8 Å². The van der Waals surface area contributed by atoms with Gasteiger partial charge in [0.25, 0.3) is 0 Å². The maximum atomic E-state index is 11.9. The van der Waals surface area contributed by atoms with E-state index in [1.165, 1.54) is 32.8 Å². The maximum absolute atomic E-state index is 11.9. The Morgan fingerprint density at radius 2 is 2.29 bits per heavy atom. The van der Waals surface area contributed by atoms with Gasteiger partial charge in [0.2, 0.25) is 0 Å². The summed E-state index contributed by atoms with van der Waals surface area (Å²) in [5, 5.41) is 3.41. The quantitative estimate of drug-likeness (QED) is 0.833. The molecule has 1 heterocycles. The molecule has 114 valence electrons. The van der Waals surface area contributed by atoms with Crippen LogP contribution in [0.5, 0.6) is 0 Å². The number of anilines is 2. The van der Waals surface area contributed by atoms with E-state index in [1.54, 1.807) is 12.3 Å². The lowest BCUT2D eigenvalue weighted by Crippen LogP contribution is -2.31. The highest BCUT2D eigenvalue weighted by Gasteiger charge is 2.42. The van der Waals surface area contributed by atoms with Gasteiger partial charge in [-0.05, 0) is 50.0 Å². The molecule has 0 radical (unpaired) electrons. The van der Waals surface area contributed by atoms with Crippen LogP contribution in [-0.2, 0) is 4.74 Å². The molecule has 0 saturated heterocycles. The molecular weight excluding hydrogens is 266 g/mol. The molecule has 4 unspecified atom stereocenters. The number of methoxy groups -OCH3 is 1. The molecule has 2 saturated carbocycles. The van der Waals surface area contributed by atoms with Crippen molar-refractivity contribution in [1.82, 2.24) is 4.98 Å². The van der Waals surface area contributed by atoms with Crippen molar-refractivity contribution in [3.05, 3.63) is 17.8 Å². The average molecular weight is 289 g/mol. The molecule has 1 aromatic heterocycles. The molecule has 0 aliphatic heterocycles. The molecule has 2 bridgehead atoms. The largest absolute Gasteiger partial charge is 0.465 e. The van der Waals surface area contributed by atoms with E-state index in [0.717, 1.165) is 11.8 Å². The van der Waals surface area contributed by atoms with Crippen molar-refractivity contribution in [2.24, 2.45) is 17.8 Å². The summed E-state index contributed by atoms with van der Waals surface area (Å²) in [4.78, 5) is 16.1. The summed E-state index contributed by atoms with van der Waals surface area (Å²) in [5.74, 6) is 2.58. The molecule has 21 heavy (non-hydrogen) atoms. The minimum Gasteiger partial charge on any atom is -0.465 e. The van der Waals surface area contributed by atoms with Gasteiger partial charge >= 0.3 is 5.97 Å². The van der Waals surface area contributed by atoms with E-state index in [0.29, 0.717) is 29.0 Å². The van der Waals surface area contributed by atoms with Gasteiger partial charge in [0.1, 0.15) is 11.4 Å². The number of hydrogen-bond acceptors (Lipinski definition) is 5. The first-order valence-electron chi connectivity index (χ1n) is 7.69. The van der Waals surface area contributed by atoms with Crippen molar-refractivity contribution < 1.29 is 9.53 Å². The van der Waals surface area contributed by atoms with Gasteiger partial charge in [-0.2, -0.15) is 0 Å². The lowest BCUT2D eigenvalue weighted by Gasteiger charge is -2.29. The molecule has 3 N–H and O–H groups in total. The standard InChI is InChI=1S/C16H23N3O2/c1-9(13-6-10-3-4-11(13)5-10)19-15-14(16(20)21-2)7-12(17)8-18-15/h7-11,13H,3-6,17H2,1-2H3,(H,18,19). The summed E-state index contributed by atoms with van der Waals surface area (Å²) >= 11 is 0. The number of pyridine rings is 1. The molecule has 0 spiro atoms. The minimum atomic E-state index is -0.405. The predicted molar refractivity (Wildman–Crippen MR) is 82.0 cm³/mol. The van der Waals surface area contributed by atoms with Crippen LogP contribution in [0.4, 0.5) is 11.5 Å². The van der Waals surface area contributed by atoms with Gasteiger partial charge in [-0.1, -0.05) is 6.42 Å². The highest BCUT2D eigenvalue weighted by atomic mass is 16.5. The Morgan fingerprint density at radius 1 is 1.48 bits per heavy atom. The van der Waals surface area contributed by atoms with Gasteiger partial charge in [0.15, 0.2) is 0 Å². The third kappa shape index (κ3) is 2.69. The molecule has 1 aromatic rings. The van der Waals surface area contributed by atoms with Crippen molar-refractivity contribution in [2.75, 3.05) is 18.2 Å². The lowest BCUT2D eigenvalue weighted by atomic mass is 9.84. The fourth-order valence-electron chi connectivity index (χ4n) is 4.09. The second-order valence-corrected chi connectivity index (χ2v) is 6.43. The van der Waals surface area contributed by atoms with Crippen LogP contribution in [0.25, 0.3) is 0 Å². The Balaban J connectivity index is 1.76. The number of carbonyl (C=O) groups excluding carboxylic acids is 1. The molecule has 2 fully saturated rings. The average Bonchev–Trinajstić information content (AvgIpc) is 3.11. The first kappa shape index (κ1) is 14.2. The number of rotatable bonds is 4. The first-order valence-corrected chi connectivity index (χ1v) is 7.69. The second kappa shape index (κ2) is 5.54. The summed E-state index contributed by atoms with van der Waals surface area (Å²) in [6.45, 7) is 2.18. The highest BCUT2D eigenvalue weighted by molar-refractivity contribution is 5.95. The smallest absolute Gasteiger partial charge is 0.341 e. The number of nitrogens with two attached hydrogens (primary N) is 1. The Bertz CT molecular complexity index is 546. The van der Waals surface area contributed by atoms with E-state index in [-0.39, 0.29) is 0 Å². The zero-order valence-electron chi connectivity index (χ0n) is 12.6. The number of nitrogens with zero attached hydrogens (tertiary/aromatic N) is 1. The zero-order valence-corrected chi connectivity index (χ0v) is 12.6.